The summed E-state index contributed by atoms with van der Waals surface area (Å²) in [7, 11) is 0. The van der Waals surface area contributed by atoms with Crippen molar-refractivity contribution in [2.45, 2.75) is 71.3 Å². The van der Waals surface area contributed by atoms with E-state index in [4.69, 9.17) is 9.72 Å². The molecular formula is C28H36N6O. The Balaban J connectivity index is 1.34. The minimum absolute atomic E-state index is 0.350. The van der Waals surface area contributed by atoms with Gasteiger partial charge in [0, 0.05) is 48.2 Å². The van der Waals surface area contributed by atoms with Gasteiger partial charge in [-0.3, -0.25) is 4.98 Å². The van der Waals surface area contributed by atoms with Crippen LogP contribution in [0.25, 0.3) is 27.9 Å². The Kier molecular flexibility index (Phi) is 5.85. The number of pyridine rings is 2. The lowest BCUT2D eigenvalue weighted by atomic mass is 9.90. The van der Waals surface area contributed by atoms with Gasteiger partial charge in [0.2, 0.25) is 0 Å². The fourth-order valence-corrected chi connectivity index (χ4v) is 6.17. The third kappa shape index (κ3) is 3.95. The molecule has 0 bridgehead atoms. The second-order valence-electron chi connectivity index (χ2n) is 10.7. The second-order valence-corrected chi connectivity index (χ2v) is 10.7. The van der Waals surface area contributed by atoms with Gasteiger partial charge in [-0.15, -0.1) is 0 Å². The van der Waals surface area contributed by atoms with Crippen molar-refractivity contribution >= 4 is 16.7 Å². The maximum atomic E-state index is 5.57. The fourth-order valence-electron chi connectivity index (χ4n) is 6.17. The van der Waals surface area contributed by atoms with E-state index in [1.165, 1.54) is 66.7 Å². The Morgan fingerprint density at radius 1 is 1.03 bits per heavy atom. The number of ether oxygens (including phenoxy) is 1. The van der Waals surface area contributed by atoms with Gasteiger partial charge >= 0.3 is 0 Å². The average molecular weight is 473 g/mol. The fraction of sp³-hybridized carbons (Fsp3) is 0.536. The Morgan fingerprint density at radius 3 is 2.54 bits per heavy atom. The topological polar surface area (TPSA) is 71.3 Å². The molecule has 7 nitrogen and oxygen atoms in total. The molecule has 0 atom stereocenters. The highest BCUT2D eigenvalue weighted by Gasteiger charge is 2.28. The molecule has 0 radical (unpaired) electrons. The third-order valence-electron chi connectivity index (χ3n) is 8.33. The van der Waals surface area contributed by atoms with Crippen molar-refractivity contribution < 1.29 is 4.74 Å². The van der Waals surface area contributed by atoms with Crippen LogP contribution in [0.4, 0.5) is 0 Å². The molecule has 1 N–H and O–H groups in total. The second kappa shape index (κ2) is 9.03. The van der Waals surface area contributed by atoms with Crippen LogP contribution in [0.5, 0.6) is 0 Å². The van der Waals surface area contributed by atoms with Crippen molar-refractivity contribution in [3.05, 3.63) is 47.0 Å². The van der Waals surface area contributed by atoms with E-state index < -0.39 is 0 Å². The van der Waals surface area contributed by atoms with Crippen LogP contribution in [-0.2, 0) is 4.74 Å². The Bertz CT molecular complexity index is 1360. The average Bonchev–Trinajstić information content (AvgIpc) is 3.51. The van der Waals surface area contributed by atoms with Crippen molar-refractivity contribution in [3.63, 3.8) is 0 Å². The Hall–Kier alpha value is -2.77. The van der Waals surface area contributed by atoms with Crippen LogP contribution in [0.15, 0.2) is 24.7 Å². The summed E-state index contributed by atoms with van der Waals surface area (Å²) in [5.74, 6) is 0.882. The highest BCUT2D eigenvalue weighted by Crippen LogP contribution is 2.38. The van der Waals surface area contributed by atoms with Crippen molar-refractivity contribution in [1.82, 2.24) is 29.5 Å². The first-order valence-corrected chi connectivity index (χ1v) is 13.2. The summed E-state index contributed by atoms with van der Waals surface area (Å²) in [5, 5.41) is 4.42. The van der Waals surface area contributed by atoms with Gasteiger partial charge in [-0.25, -0.2) is 9.50 Å². The summed E-state index contributed by atoms with van der Waals surface area (Å²) in [6, 6.07) is 5.20. The Morgan fingerprint density at radius 2 is 1.80 bits per heavy atom. The van der Waals surface area contributed by atoms with E-state index in [1.54, 1.807) is 6.33 Å². The van der Waals surface area contributed by atoms with Gasteiger partial charge in [0.1, 0.15) is 6.33 Å². The molecule has 0 aromatic carbocycles. The molecule has 184 valence electrons. The summed E-state index contributed by atoms with van der Waals surface area (Å²) < 4.78 is 7.46. The van der Waals surface area contributed by atoms with Crippen molar-refractivity contribution in [2.24, 2.45) is 0 Å². The Labute approximate surface area is 206 Å². The summed E-state index contributed by atoms with van der Waals surface area (Å²) in [6.07, 6.45) is 8.46. The van der Waals surface area contributed by atoms with Crippen molar-refractivity contribution in [2.75, 3.05) is 26.3 Å². The van der Waals surface area contributed by atoms with E-state index in [2.05, 4.69) is 66.0 Å². The summed E-state index contributed by atoms with van der Waals surface area (Å²) in [4.78, 5) is 16.2. The molecule has 0 amide bonds. The summed E-state index contributed by atoms with van der Waals surface area (Å²) in [5.41, 5.74) is 10.4. The molecule has 0 aliphatic carbocycles. The largest absolute Gasteiger partial charge is 0.381 e. The van der Waals surface area contributed by atoms with Gasteiger partial charge in [0.15, 0.2) is 5.65 Å². The van der Waals surface area contributed by atoms with E-state index in [0.29, 0.717) is 17.9 Å². The molecule has 6 heterocycles. The number of aromatic amines is 1. The zero-order valence-corrected chi connectivity index (χ0v) is 21.3. The molecule has 0 saturated carbocycles. The predicted molar refractivity (Wildman–Crippen MR) is 139 cm³/mol. The van der Waals surface area contributed by atoms with Crippen molar-refractivity contribution in [3.8, 4) is 11.3 Å². The molecule has 4 aromatic heterocycles. The van der Waals surface area contributed by atoms with Crippen molar-refractivity contribution in [1.29, 1.82) is 0 Å². The SMILES string of the molecule is Cc1c(-c2[nH]c3ccc(C4CCN(C5CCOCC5)CC4)nc3c2C(C)C)cn2ncnc2c1C. The van der Waals surface area contributed by atoms with Crippen LogP contribution < -0.4 is 0 Å². The number of aromatic nitrogens is 5. The maximum Gasteiger partial charge on any atom is 0.158 e. The van der Waals surface area contributed by atoms with Crippen LogP contribution in [0.2, 0.25) is 0 Å². The van der Waals surface area contributed by atoms with Gasteiger partial charge in [0.05, 0.1) is 16.7 Å². The van der Waals surface area contributed by atoms with Crippen LogP contribution in [0, 0.1) is 13.8 Å². The zero-order valence-electron chi connectivity index (χ0n) is 21.3. The number of likely N-dealkylation sites (tertiary alicyclic amines) is 1. The third-order valence-corrected chi connectivity index (χ3v) is 8.33. The molecule has 35 heavy (non-hydrogen) atoms. The quantitative estimate of drug-likeness (QED) is 0.432. The lowest BCUT2D eigenvalue weighted by Gasteiger charge is -2.39. The molecule has 2 aliphatic heterocycles. The number of aryl methyl sites for hydroxylation is 1. The van der Waals surface area contributed by atoms with E-state index in [1.807, 2.05) is 4.52 Å². The smallest absolute Gasteiger partial charge is 0.158 e. The molecular weight excluding hydrogens is 436 g/mol. The first-order chi connectivity index (χ1) is 17.0. The number of fused-ring (bicyclic) bond motifs is 2. The van der Waals surface area contributed by atoms with E-state index in [-0.39, 0.29) is 0 Å². The number of rotatable bonds is 4. The molecule has 6 rings (SSSR count). The number of H-pyrrole nitrogens is 1. The number of nitrogens with one attached hydrogen (secondary N) is 1. The van der Waals surface area contributed by atoms with E-state index in [9.17, 15) is 0 Å². The number of nitrogens with zero attached hydrogens (tertiary/aromatic N) is 5. The molecule has 2 fully saturated rings. The predicted octanol–water partition coefficient (Wildman–Crippen LogP) is 5.37. The molecule has 4 aromatic rings. The van der Waals surface area contributed by atoms with Crippen LogP contribution in [0.1, 0.15) is 73.8 Å². The monoisotopic (exact) mass is 472 g/mol. The lowest BCUT2D eigenvalue weighted by molar-refractivity contribution is 0.0250. The minimum atomic E-state index is 0.350. The van der Waals surface area contributed by atoms with E-state index >= 15 is 0 Å². The minimum Gasteiger partial charge on any atom is -0.381 e. The maximum absolute atomic E-state index is 5.57. The molecule has 2 aliphatic rings. The standard InChI is InChI=1S/C28H36N6O/c1-17(2)25-26(22-15-34-28(29-16-30-34)19(4)18(22)3)32-24-6-5-23(31-27(24)25)20-7-11-33(12-8-20)21-9-13-35-14-10-21/h5-6,15-17,20-21,32H,7-14H2,1-4H3. The van der Waals surface area contributed by atoms with Gasteiger partial charge in [-0.2, -0.15) is 5.10 Å². The molecule has 7 heteroatoms. The highest BCUT2D eigenvalue weighted by molar-refractivity contribution is 5.89. The van der Waals surface area contributed by atoms with Gasteiger partial charge < -0.3 is 14.6 Å². The summed E-state index contributed by atoms with van der Waals surface area (Å²) in [6.45, 7) is 13.0. The number of hydrogen-bond acceptors (Lipinski definition) is 5. The van der Waals surface area contributed by atoms with Crippen LogP contribution in [-0.4, -0.2) is 61.8 Å². The summed E-state index contributed by atoms with van der Waals surface area (Å²) >= 11 is 0. The van der Waals surface area contributed by atoms with Crippen LogP contribution in [0.3, 0.4) is 0 Å². The normalized spacial score (nSPS) is 18.9. The van der Waals surface area contributed by atoms with Gasteiger partial charge in [-0.05, 0) is 81.8 Å². The zero-order chi connectivity index (χ0) is 24.1. The lowest BCUT2D eigenvalue weighted by Crippen LogP contribution is -2.43. The van der Waals surface area contributed by atoms with E-state index in [0.717, 1.165) is 35.6 Å². The van der Waals surface area contributed by atoms with Crippen LogP contribution >= 0.6 is 0 Å². The molecule has 2 saturated heterocycles. The number of piperidine rings is 1. The van der Waals surface area contributed by atoms with Gasteiger partial charge in [0.25, 0.3) is 0 Å². The molecule has 0 unspecified atom stereocenters. The first kappa shape index (κ1) is 22.7. The first-order valence-electron chi connectivity index (χ1n) is 13.2. The molecule has 0 spiro atoms. The van der Waals surface area contributed by atoms with Gasteiger partial charge in [-0.1, -0.05) is 13.8 Å². The number of hydrogen-bond donors (Lipinski definition) is 1. The highest BCUT2D eigenvalue weighted by atomic mass is 16.5.